The van der Waals surface area contributed by atoms with Gasteiger partial charge in [-0.2, -0.15) is 0 Å². The Morgan fingerprint density at radius 1 is 0.897 bits per heavy atom. The van der Waals surface area contributed by atoms with Gasteiger partial charge in [-0.05, 0) is 59.3 Å². The van der Waals surface area contributed by atoms with Crippen LogP contribution in [0.4, 0.5) is 5.69 Å². The number of carbonyl (C=O) groups is 2. The predicted molar refractivity (Wildman–Crippen MR) is 122 cm³/mol. The molecule has 1 saturated heterocycles. The number of Topliss-reactive ketones (excluding diaryl/α,β-unsaturated/α-hetero) is 1. The highest BCUT2D eigenvalue weighted by Crippen LogP contribution is 2.42. The van der Waals surface area contributed by atoms with Gasteiger partial charge in [0.1, 0.15) is 5.76 Å². The Balaban J connectivity index is 1.93. The van der Waals surface area contributed by atoms with E-state index in [2.05, 4.69) is 22.6 Å². The third-order valence-corrected chi connectivity index (χ3v) is 5.71. The Kier molecular flexibility index (Phi) is 5.24. The molecule has 1 aliphatic heterocycles. The number of halogens is 1. The SMILES string of the molecule is Cc1ccc(/C(O)=C2\C(=O)C(=O)N(c3ccc(I)cc3)[C@@H]2c2ccccc2)cc1. The minimum Gasteiger partial charge on any atom is -0.507 e. The van der Waals surface area contributed by atoms with Crippen molar-refractivity contribution in [3.8, 4) is 0 Å². The first kappa shape index (κ1) is 19.4. The molecule has 5 heteroatoms. The third-order valence-electron chi connectivity index (χ3n) is 4.99. The Bertz CT molecular complexity index is 1100. The Morgan fingerprint density at radius 3 is 2.14 bits per heavy atom. The second kappa shape index (κ2) is 7.83. The first-order valence-electron chi connectivity index (χ1n) is 9.16. The number of nitrogens with zero attached hydrogens (tertiary/aromatic N) is 1. The molecule has 144 valence electrons. The molecule has 0 radical (unpaired) electrons. The summed E-state index contributed by atoms with van der Waals surface area (Å²) >= 11 is 2.19. The van der Waals surface area contributed by atoms with Crippen LogP contribution >= 0.6 is 22.6 Å². The van der Waals surface area contributed by atoms with E-state index in [4.69, 9.17) is 0 Å². The zero-order valence-electron chi connectivity index (χ0n) is 15.7. The van der Waals surface area contributed by atoms with Crippen LogP contribution in [-0.4, -0.2) is 16.8 Å². The monoisotopic (exact) mass is 495 g/mol. The Morgan fingerprint density at radius 2 is 1.52 bits per heavy atom. The van der Waals surface area contributed by atoms with E-state index in [1.807, 2.05) is 73.7 Å². The largest absolute Gasteiger partial charge is 0.507 e. The van der Waals surface area contributed by atoms with Gasteiger partial charge in [0.15, 0.2) is 0 Å². The zero-order chi connectivity index (χ0) is 20.5. The average molecular weight is 495 g/mol. The number of benzene rings is 3. The van der Waals surface area contributed by atoms with E-state index in [1.165, 1.54) is 4.90 Å². The van der Waals surface area contributed by atoms with Crippen molar-refractivity contribution in [1.82, 2.24) is 0 Å². The fourth-order valence-corrected chi connectivity index (χ4v) is 3.88. The summed E-state index contributed by atoms with van der Waals surface area (Å²) in [7, 11) is 0. The molecule has 0 aromatic heterocycles. The van der Waals surface area contributed by atoms with Crippen LogP contribution in [0, 0.1) is 10.5 Å². The molecule has 1 atom stereocenters. The highest BCUT2D eigenvalue weighted by atomic mass is 127. The van der Waals surface area contributed by atoms with E-state index in [0.717, 1.165) is 14.7 Å². The molecule has 1 heterocycles. The number of aliphatic hydroxyl groups excluding tert-OH is 1. The molecular formula is C24H18INO3. The number of amides is 1. The summed E-state index contributed by atoms with van der Waals surface area (Å²) in [6.07, 6.45) is 0. The van der Waals surface area contributed by atoms with Gasteiger partial charge in [-0.1, -0.05) is 60.2 Å². The van der Waals surface area contributed by atoms with Crippen LogP contribution in [0.2, 0.25) is 0 Å². The van der Waals surface area contributed by atoms with Crippen LogP contribution < -0.4 is 4.90 Å². The molecule has 0 spiro atoms. The summed E-state index contributed by atoms with van der Waals surface area (Å²) < 4.78 is 1.03. The topological polar surface area (TPSA) is 57.6 Å². The number of ketones is 1. The lowest BCUT2D eigenvalue weighted by Crippen LogP contribution is -2.29. The highest BCUT2D eigenvalue weighted by molar-refractivity contribution is 14.1. The normalized spacial score (nSPS) is 18.3. The van der Waals surface area contributed by atoms with Crippen molar-refractivity contribution in [2.45, 2.75) is 13.0 Å². The van der Waals surface area contributed by atoms with E-state index < -0.39 is 17.7 Å². The first-order chi connectivity index (χ1) is 14.0. The first-order valence-corrected chi connectivity index (χ1v) is 10.2. The number of hydrogen-bond donors (Lipinski definition) is 1. The minimum absolute atomic E-state index is 0.101. The van der Waals surface area contributed by atoms with Gasteiger partial charge in [0, 0.05) is 14.8 Å². The van der Waals surface area contributed by atoms with Crippen molar-refractivity contribution in [1.29, 1.82) is 0 Å². The summed E-state index contributed by atoms with van der Waals surface area (Å²) in [6, 6.07) is 23.2. The second-order valence-electron chi connectivity index (χ2n) is 6.92. The van der Waals surface area contributed by atoms with E-state index in [0.29, 0.717) is 11.3 Å². The lowest BCUT2D eigenvalue weighted by atomic mass is 9.95. The molecule has 4 nitrogen and oxygen atoms in total. The average Bonchev–Trinajstić information content (AvgIpc) is 3.00. The summed E-state index contributed by atoms with van der Waals surface area (Å²) in [4.78, 5) is 27.5. The van der Waals surface area contributed by atoms with Crippen molar-refractivity contribution in [3.05, 3.63) is 105 Å². The molecule has 4 rings (SSSR count). The molecule has 29 heavy (non-hydrogen) atoms. The van der Waals surface area contributed by atoms with Crippen molar-refractivity contribution in [2.75, 3.05) is 4.90 Å². The van der Waals surface area contributed by atoms with Crippen molar-refractivity contribution < 1.29 is 14.7 Å². The van der Waals surface area contributed by atoms with Gasteiger partial charge in [-0.25, -0.2) is 0 Å². The smallest absolute Gasteiger partial charge is 0.300 e. The maximum Gasteiger partial charge on any atom is 0.300 e. The third kappa shape index (κ3) is 3.58. The van der Waals surface area contributed by atoms with E-state index >= 15 is 0 Å². The summed E-state index contributed by atoms with van der Waals surface area (Å²) in [5.41, 5.74) is 3.03. The molecule has 1 fully saturated rings. The number of carbonyl (C=O) groups excluding carboxylic acids is 2. The minimum atomic E-state index is -0.697. The standard InChI is InChI=1S/C24H18INO3/c1-15-7-9-17(10-8-15)22(27)20-21(16-5-3-2-4-6-16)26(24(29)23(20)28)19-13-11-18(25)12-14-19/h2-14,21,27H,1H3/b22-20+/t21-/m1/s1. The second-order valence-corrected chi connectivity index (χ2v) is 8.17. The van der Waals surface area contributed by atoms with Crippen LogP contribution in [0.25, 0.3) is 5.76 Å². The molecule has 0 aliphatic carbocycles. The molecule has 3 aromatic rings. The van der Waals surface area contributed by atoms with Crippen molar-refractivity contribution in [2.24, 2.45) is 0 Å². The quantitative estimate of drug-likeness (QED) is 0.235. The van der Waals surface area contributed by atoms with Gasteiger partial charge in [-0.15, -0.1) is 0 Å². The Hall–Kier alpha value is -2.93. The Labute approximate surface area is 182 Å². The number of aliphatic hydroxyl groups is 1. The lowest BCUT2D eigenvalue weighted by Gasteiger charge is -2.25. The summed E-state index contributed by atoms with van der Waals surface area (Å²) in [6.45, 7) is 1.95. The fraction of sp³-hybridized carbons (Fsp3) is 0.0833. The number of rotatable bonds is 3. The zero-order valence-corrected chi connectivity index (χ0v) is 17.8. The molecule has 3 aromatic carbocycles. The van der Waals surface area contributed by atoms with Gasteiger partial charge in [-0.3, -0.25) is 14.5 Å². The number of aryl methyl sites for hydroxylation is 1. The van der Waals surface area contributed by atoms with Crippen LogP contribution in [-0.2, 0) is 9.59 Å². The van der Waals surface area contributed by atoms with Crippen LogP contribution in [0.5, 0.6) is 0 Å². The van der Waals surface area contributed by atoms with E-state index in [9.17, 15) is 14.7 Å². The molecule has 1 amide bonds. The maximum absolute atomic E-state index is 13.0. The van der Waals surface area contributed by atoms with Crippen LogP contribution in [0.3, 0.4) is 0 Å². The molecule has 1 N–H and O–H groups in total. The van der Waals surface area contributed by atoms with Gasteiger partial charge in [0.05, 0.1) is 11.6 Å². The number of hydrogen-bond acceptors (Lipinski definition) is 3. The summed E-state index contributed by atoms with van der Waals surface area (Å²) in [5, 5.41) is 11.0. The fourth-order valence-electron chi connectivity index (χ4n) is 3.52. The predicted octanol–water partition coefficient (Wildman–Crippen LogP) is 5.23. The van der Waals surface area contributed by atoms with Gasteiger partial charge >= 0.3 is 0 Å². The van der Waals surface area contributed by atoms with E-state index in [-0.39, 0.29) is 11.3 Å². The van der Waals surface area contributed by atoms with Gasteiger partial charge in [0.25, 0.3) is 11.7 Å². The molecular weight excluding hydrogens is 477 g/mol. The molecule has 0 saturated carbocycles. The molecule has 1 aliphatic rings. The van der Waals surface area contributed by atoms with Crippen molar-refractivity contribution in [3.63, 3.8) is 0 Å². The van der Waals surface area contributed by atoms with E-state index in [1.54, 1.807) is 12.1 Å². The van der Waals surface area contributed by atoms with Crippen LogP contribution in [0.15, 0.2) is 84.4 Å². The van der Waals surface area contributed by atoms with Crippen LogP contribution in [0.1, 0.15) is 22.7 Å². The lowest BCUT2D eigenvalue weighted by molar-refractivity contribution is -0.132. The number of anilines is 1. The van der Waals surface area contributed by atoms with Gasteiger partial charge in [0.2, 0.25) is 0 Å². The maximum atomic E-state index is 13.0. The molecule has 0 bridgehead atoms. The highest BCUT2D eigenvalue weighted by Gasteiger charge is 2.46. The summed E-state index contributed by atoms with van der Waals surface area (Å²) in [5.74, 6) is -1.49. The van der Waals surface area contributed by atoms with Gasteiger partial charge < -0.3 is 5.11 Å². The molecule has 0 unspecified atom stereocenters. The van der Waals surface area contributed by atoms with Crippen molar-refractivity contribution >= 4 is 45.7 Å².